The Hall–Kier alpha value is -1.74. The van der Waals surface area contributed by atoms with Crippen molar-refractivity contribution in [3.63, 3.8) is 0 Å². The number of rotatable bonds is 3. The normalized spacial score (nSPS) is 14.2. The van der Waals surface area contributed by atoms with E-state index >= 15 is 0 Å². The second-order valence-corrected chi connectivity index (χ2v) is 4.74. The highest BCUT2D eigenvalue weighted by Crippen LogP contribution is 2.32. The third-order valence-electron chi connectivity index (χ3n) is 3.42. The fourth-order valence-corrected chi connectivity index (χ4v) is 2.10. The van der Waals surface area contributed by atoms with E-state index in [4.69, 9.17) is 0 Å². The Bertz CT molecular complexity index is 566. The molecule has 0 saturated heterocycles. The van der Waals surface area contributed by atoms with Crippen LogP contribution in [0.2, 0.25) is 0 Å². The molecule has 1 nitrogen and oxygen atoms in total. The van der Waals surface area contributed by atoms with E-state index < -0.39 is 17.7 Å². The van der Waals surface area contributed by atoms with Gasteiger partial charge in [-0.15, -0.1) is 0 Å². The maximum atomic E-state index is 13.9. The first kappa shape index (κ1) is 13.7. The smallest absolute Gasteiger partial charge is 0.164 e. The molecule has 100 valence electrons. The number of hydrogen-bond donors (Lipinski definition) is 1. The molecular formula is C16H16F2O. The Labute approximate surface area is 111 Å². The number of benzene rings is 2. The molecule has 19 heavy (non-hydrogen) atoms. The van der Waals surface area contributed by atoms with Crippen LogP contribution in [-0.2, 0) is 0 Å². The summed E-state index contributed by atoms with van der Waals surface area (Å²) in [6, 6.07) is 12.2. The van der Waals surface area contributed by atoms with Gasteiger partial charge in [0.15, 0.2) is 11.6 Å². The highest BCUT2D eigenvalue weighted by atomic mass is 19.2. The van der Waals surface area contributed by atoms with Gasteiger partial charge in [0.25, 0.3) is 0 Å². The van der Waals surface area contributed by atoms with Gasteiger partial charge in [-0.2, -0.15) is 0 Å². The first-order valence-electron chi connectivity index (χ1n) is 6.20. The summed E-state index contributed by atoms with van der Waals surface area (Å²) in [4.78, 5) is 0. The third-order valence-corrected chi connectivity index (χ3v) is 3.42. The van der Waals surface area contributed by atoms with Gasteiger partial charge < -0.3 is 5.11 Å². The van der Waals surface area contributed by atoms with Crippen LogP contribution in [0.5, 0.6) is 0 Å². The molecule has 0 fully saturated rings. The lowest BCUT2D eigenvalue weighted by Gasteiger charge is -2.20. The molecule has 2 aromatic carbocycles. The second-order valence-electron chi connectivity index (χ2n) is 4.74. The van der Waals surface area contributed by atoms with Gasteiger partial charge in [-0.1, -0.05) is 49.4 Å². The Kier molecular flexibility index (Phi) is 3.96. The molecule has 3 heteroatoms. The summed E-state index contributed by atoms with van der Waals surface area (Å²) in [5, 5.41) is 10.2. The summed E-state index contributed by atoms with van der Waals surface area (Å²) in [6.45, 7) is 3.28. The average Bonchev–Trinajstić information content (AvgIpc) is 2.44. The predicted octanol–water partition coefficient (Wildman–Crippen LogP) is 4.11. The SMILES string of the molecule is Cc1ccc(C(O)C(C)c2ccccc2)c(F)c1F. The maximum Gasteiger partial charge on any atom is 0.164 e. The summed E-state index contributed by atoms with van der Waals surface area (Å²) in [5.74, 6) is -2.16. The van der Waals surface area contributed by atoms with Crippen LogP contribution in [0.3, 0.4) is 0 Å². The second kappa shape index (κ2) is 5.49. The molecule has 0 amide bonds. The van der Waals surface area contributed by atoms with Crippen molar-refractivity contribution < 1.29 is 13.9 Å². The van der Waals surface area contributed by atoms with Crippen molar-refractivity contribution in [2.24, 2.45) is 0 Å². The monoisotopic (exact) mass is 262 g/mol. The van der Waals surface area contributed by atoms with E-state index in [1.807, 2.05) is 30.3 Å². The Morgan fingerprint density at radius 3 is 2.21 bits per heavy atom. The minimum Gasteiger partial charge on any atom is -0.388 e. The highest BCUT2D eigenvalue weighted by molar-refractivity contribution is 5.30. The molecule has 0 aromatic heterocycles. The van der Waals surface area contributed by atoms with E-state index in [0.29, 0.717) is 0 Å². The topological polar surface area (TPSA) is 20.2 Å². The van der Waals surface area contributed by atoms with Crippen LogP contribution in [-0.4, -0.2) is 5.11 Å². The van der Waals surface area contributed by atoms with E-state index in [-0.39, 0.29) is 17.0 Å². The molecule has 2 aromatic rings. The third kappa shape index (κ3) is 2.66. The lowest BCUT2D eigenvalue weighted by atomic mass is 9.90. The van der Waals surface area contributed by atoms with Gasteiger partial charge in [0.2, 0.25) is 0 Å². The minimum atomic E-state index is -1.07. The molecule has 2 unspecified atom stereocenters. The molecule has 0 heterocycles. The van der Waals surface area contributed by atoms with Gasteiger partial charge in [-0.3, -0.25) is 0 Å². The van der Waals surface area contributed by atoms with E-state index in [2.05, 4.69) is 0 Å². The van der Waals surface area contributed by atoms with Crippen molar-refractivity contribution in [3.8, 4) is 0 Å². The van der Waals surface area contributed by atoms with Crippen LogP contribution in [0.1, 0.15) is 35.6 Å². The Morgan fingerprint density at radius 1 is 0.947 bits per heavy atom. The fraction of sp³-hybridized carbons (Fsp3) is 0.250. The zero-order chi connectivity index (χ0) is 14.0. The number of hydrogen-bond acceptors (Lipinski definition) is 1. The number of aryl methyl sites for hydroxylation is 1. The summed E-state index contributed by atoms with van der Waals surface area (Å²) in [5.41, 5.74) is 1.12. The molecule has 0 aliphatic rings. The van der Waals surface area contributed by atoms with Crippen molar-refractivity contribution in [2.75, 3.05) is 0 Å². The molecule has 1 N–H and O–H groups in total. The van der Waals surface area contributed by atoms with Gasteiger partial charge >= 0.3 is 0 Å². The van der Waals surface area contributed by atoms with E-state index in [1.54, 1.807) is 6.92 Å². The van der Waals surface area contributed by atoms with Crippen LogP contribution < -0.4 is 0 Å². The fourth-order valence-electron chi connectivity index (χ4n) is 2.10. The number of halogens is 2. The summed E-state index contributed by atoms with van der Waals surface area (Å²) in [6.07, 6.45) is -1.07. The molecule has 0 spiro atoms. The number of aliphatic hydroxyl groups is 1. The zero-order valence-electron chi connectivity index (χ0n) is 10.9. The number of aliphatic hydroxyl groups excluding tert-OH is 1. The van der Waals surface area contributed by atoms with Crippen molar-refractivity contribution in [1.29, 1.82) is 0 Å². The van der Waals surface area contributed by atoms with Crippen LogP contribution in [0.25, 0.3) is 0 Å². The summed E-state index contributed by atoms with van der Waals surface area (Å²) >= 11 is 0. The quantitative estimate of drug-likeness (QED) is 0.882. The molecular weight excluding hydrogens is 246 g/mol. The molecule has 0 aliphatic heterocycles. The van der Waals surface area contributed by atoms with Gasteiger partial charge in [-0.25, -0.2) is 8.78 Å². The molecule has 2 atom stereocenters. The Balaban J connectivity index is 2.35. The Morgan fingerprint density at radius 2 is 1.58 bits per heavy atom. The van der Waals surface area contributed by atoms with E-state index in [1.165, 1.54) is 19.1 Å². The van der Waals surface area contributed by atoms with Gasteiger partial charge in [0, 0.05) is 11.5 Å². The van der Waals surface area contributed by atoms with Gasteiger partial charge in [0.05, 0.1) is 6.10 Å². The van der Waals surface area contributed by atoms with Crippen molar-refractivity contribution in [1.82, 2.24) is 0 Å². The summed E-state index contributed by atoms with van der Waals surface area (Å²) in [7, 11) is 0. The van der Waals surface area contributed by atoms with Crippen LogP contribution in [0.15, 0.2) is 42.5 Å². The largest absolute Gasteiger partial charge is 0.388 e. The minimum absolute atomic E-state index is 0.000506. The van der Waals surface area contributed by atoms with Crippen molar-refractivity contribution in [3.05, 3.63) is 70.8 Å². The standard InChI is InChI=1S/C16H16F2O/c1-10-8-9-13(15(18)14(10)17)16(19)11(2)12-6-4-3-5-7-12/h3-9,11,16,19H,1-2H3. The van der Waals surface area contributed by atoms with Crippen LogP contribution in [0.4, 0.5) is 8.78 Å². The highest BCUT2D eigenvalue weighted by Gasteiger charge is 2.23. The van der Waals surface area contributed by atoms with E-state index in [0.717, 1.165) is 5.56 Å². The molecule has 0 aliphatic carbocycles. The van der Waals surface area contributed by atoms with Gasteiger partial charge in [-0.05, 0) is 18.1 Å². The van der Waals surface area contributed by atoms with Crippen LogP contribution >= 0.6 is 0 Å². The lowest BCUT2D eigenvalue weighted by Crippen LogP contribution is -2.11. The molecule has 2 rings (SSSR count). The molecule has 0 saturated carbocycles. The zero-order valence-corrected chi connectivity index (χ0v) is 10.9. The first-order valence-corrected chi connectivity index (χ1v) is 6.20. The molecule has 0 bridgehead atoms. The average molecular weight is 262 g/mol. The van der Waals surface area contributed by atoms with Crippen molar-refractivity contribution in [2.45, 2.75) is 25.9 Å². The van der Waals surface area contributed by atoms with E-state index in [9.17, 15) is 13.9 Å². The molecule has 0 radical (unpaired) electrons. The van der Waals surface area contributed by atoms with Crippen LogP contribution in [0, 0.1) is 18.6 Å². The maximum absolute atomic E-state index is 13.9. The van der Waals surface area contributed by atoms with Crippen molar-refractivity contribution >= 4 is 0 Å². The van der Waals surface area contributed by atoms with Gasteiger partial charge in [0.1, 0.15) is 0 Å². The lowest BCUT2D eigenvalue weighted by molar-refractivity contribution is 0.146. The summed E-state index contributed by atoms with van der Waals surface area (Å²) < 4.78 is 27.4. The predicted molar refractivity (Wildman–Crippen MR) is 70.9 cm³/mol. The first-order chi connectivity index (χ1) is 9.02.